The van der Waals surface area contributed by atoms with Gasteiger partial charge in [0.25, 0.3) is 0 Å². The van der Waals surface area contributed by atoms with E-state index in [-0.39, 0.29) is 13.2 Å². The zero-order chi connectivity index (χ0) is 23.4. The monoisotopic (exact) mass is 507 g/mol. The van der Waals surface area contributed by atoms with E-state index in [1.54, 1.807) is 13.8 Å². The largest absolute Gasteiger partial charge is 0.462 e. The molecule has 6 nitrogen and oxygen atoms in total. The Morgan fingerprint density at radius 2 is 1.61 bits per heavy atom. The van der Waals surface area contributed by atoms with E-state index in [1.807, 2.05) is 54.8 Å². The first-order valence-corrected chi connectivity index (χ1v) is 11.6. The highest BCUT2D eigenvalue weighted by molar-refractivity contribution is 9.10. The molecule has 5 rings (SSSR count). The molecule has 2 heterocycles. The summed E-state index contributed by atoms with van der Waals surface area (Å²) in [6.45, 7) is 7.85. The van der Waals surface area contributed by atoms with Crippen LogP contribution in [0.15, 0.2) is 45.3 Å². The second kappa shape index (κ2) is 7.92. The van der Waals surface area contributed by atoms with Gasteiger partial charge in [-0.25, -0.2) is 9.59 Å². The van der Waals surface area contributed by atoms with E-state index < -0.39 is 11.9 Å². The van der Waals surface area contributed by atoms with Gasteiger partial charge in [-0.15, -0.1) is 0 Å². The minimum Gasteiger partial charge on any atom is -0.462 e. The number of ether oxygens (including phenoxy) is 2. The van der Waals surface area contributed by atoms with Crippen LogP contribution in [-0.4, -0.2) is 29.7 Å². The van der Waals surface area contributed by atoms with Gasteiger partial charge < -0.3 is 18.5 Å². The highest BCUT2D eigenvalue weighted by atomic mass is 79.9. The summed E-state index contributed by atoms with van der Waals surface area (Å²) in [5.74, 6) is -0.827. The molecule has 3 aromatic carbocycles. The number of pyridine rings is 1. The lowest BCUT2D eigenvalue weighted by atomic mass is 9.90. The maximum atomic E-state index is 13.2. The quantitative estimate of drug-likeness (QED) is 0.154. The average molecular weight is 508 g/mol. The average Bonchev–Trinajstić information content (AvgIpc) is 2.78. The third kappa shape index (κ3) is 3.06. The highest BCUT2D eigenvalue weighted by Crippen LogP contribution is 2.44. The van der Waals surface area contributed by atoms with Crippen LogP contribution in [0, 0.1) is 13.8 Å². The first kappa shape index (κ1) is 21.5. The van der Waals surface area contributed by atoms with Gasteiger partial charge in [-0.1, -0.05) is 34.1 Å². The van der Waals surface area contributed by atoms with E-state index in [0.717, 1.165) is 26.8 Å². The van der Waals surface area contributed by atoms with E-state index in [2.05, 4.69) is 15.9 Å². The molecule has 0 unspecified atom stereocenters. The fourth-order valence-corrected chi connectivity index (χ4v) is 5.08. The smallest absolute Gasteiger partial charge is 0.340 e. The second-order valence-electron chi connectivity index (χ2n) is 7.86. The van der Waals surface area contributed by atoms with E-state index in [1.165, 1.54) is 0 Å². The van der Waals surface area contributed by atoms with Crippen molar-refractivity contribution < 1.29 is 23.5 Å². The van der Waals surface area contributed by atoms with Crippen molar-refractivity contribution in [2.45, 2.75) is 27.7 Å². The molecule has 0 spiro atoms. The number of aryl methyl sites for hydroxylation is 1. The van der Waals surface area contributed by atoms with Crippen molar-refractivity contribution in [3.63, 3.8) is 0 Å². The molecule has 0 atom stereocenters. The van der Waals surface area contributed by atoms with Crippen molar-refractivity contribution in [3.05, 3.63) is 63.3 Å². The van der Waals surface area contributed by atoms with Crippen LogP contribution in [0.3, 0.4) is 0 Å². The van der Waals surface area contributed by atoms with Crippen LogP contribution in [0.5, 0.6) is 0 Å². The zero-order valence-corrected chi connectivity index (χ0v) is 20.3. The van der Waals surface area contributed by atoms with Crippen LogP contribution in [0.1, 0.15) is 45.8 Å². The first-order chi connectivity index (χ1) is 15.9. The van der Waals surface area contributed by atoms with Gasteiger partial charge in [0, 0.05) is 26.5 Å². The van der Waals surface area contributed by atoms with Crippen LogP contribution in [-0.2, 0) is 9.47 Å². The zero-order valence-electron chi connectivity index (χ0n) is 18.7. The van der Waals surface area contributed by atoms with Gasteiger partial charge in [0.05, 0.1) is 35.5 Å². The summed E-state index contributed by atoms with van der Waals surface area (Å²) in [7, 11) is 0. The Morgan fingerprint density at radius 3 is 2.27 bits per heavy atom. The third-order valence-corrected chi connectivity index (χ3v) is 6.52. The molecule has 0 bridgehead atoms. The Bertz CT molecular complexity index is 1560. The van der Waals surface area contributed by atoms with E-state index in [9.17, 15) is 9.59 Å². The van der Waals surface area contributed by atoms with Crippen LogP contribution in [0.2, 0.25) is 0 Å². The van der Waals surface area contributed by atoms with Crippen molar-refractivity contribution >= 4 is 60.7 Å². The van der Waals surface area contributed by atoms with Crippen LogP contribution in [0.4, 0.5) is 0 Å². The topological polar surface area (TPSA) is 70.7 Å². The Balaban J connectivity index is 2.11. The van der Waals surface area contributed by atoms with Gasteiger partial charge in [-0.05, 0) is 51.3 Å². The fraction of sp³-hybridized carbons (Fsp3) is 0.231. The number of esters is 2. The molecular formula is C26H22BrNO5. The van der Waals surface area contributed by atoms with Crippen molar-refractivity contribution in [3.8, 4) is 5.69 Å². The highest BCUT2D eigenvalue weighted by Gasteiger charge is 2.30. The van der Waals surface area contributed by atoms with Crippen molar-refractivity contribution in [2.24, 2.45) is 0 Å². The van der Waals surface area contributed by atoms with Crippen molar-refractivity contribution in [1.29, 1.82) is 0 Å². The molecule has 168 valence electrons. The van der Waals surface area contributed by atoms with Crippen LogP contribution < -0.4 is 0 Å². The number of aromatic nitrogens is 1. The molecule has 3 aromatic rings. The molecule has 0 radical (unpaired) electrons. The van der Waals surface area contributed by atoms with E-state index >= 15 is 0 Å². The molecule has 33 heavy (non-hydrogen) atoms. The lowest BCUT2D eigenvalue weighted by Gasteiger charge is -2.26. The molecular weight excluding hydrogens is 486 g/mol. The minimum atomic E-state index is -0.421. The number of carbonyl (C=O) groups excluding carboxylic acids is 2. The number of fused-ring (bicyclic) bond motifs is 2. The summed E-state index contributed by atoms with van der Waals surface area (Å²) in [6.07, 6.45) is 0. The molecule has 2 aliphatic rings. The summed E-state index contributed by atoms with van der Waals surface area (Å²) < 4.78 is 20.1. The predicted octanol–water partition coefficient (Wildman–Crippen LogP) is 6.70. The summed E-state index contributed by atoms with van der Waals surface area (Å²) in [4.78, 5) is 26.2. The summed E-state index contributed by atoms with van der Waals surface area (Å²) in [6, 6.07) is 11.3. The number of hydrogen-bond acceptors (Lipinski definition) is 5. The second-order valence-corrected chi connectivity index (χ2v) is 8.77. The Hall–Kier alpha value is -3.32. The maximum Gasteiger partial charge on any atom is 0.340 e. The Morgan fingerprint density at radius 1 is 0.970 bits per heavy atom. The minimum absolute atomic E-state index is 0.257. The fourth-order valence-electron chi connectivity index (χ4n) is 4.73. The first-order valence-electron chi connectivity index (χ1n) is 10.8. The molecule has 0 N–H and O–H groups in total. The summed E-state index contributed by atoms with van der Waals surface area (Å²) >= 11 is 3.55. The van der Waals surface area contributed by atoms with Crippen molar-refractivity contribution in [1.82, 2.24) is 4.57 Å². The van der Waals surface area contributed by atoms with Gasteiger partial charge in [-0.3, -0.25) is 0 Å². The van der Waals surface area contributed by atoms with Crippen molar-refractivity contribution in [2.75, 3.05) is 13.2 Å². The lowest BCUT2D eigenvalue weighted by molar-refractivity contribution is 0.0518. The maximum absolute atomic E-state index is 13.2. The molecule has 0 aliphatic carbocycles. The number of hydrogen-bond donors (Lipinski definition) is 0. The number of halogens is 1. The number of benzene rings is 3. The normalized spacial score (nSPS) is 11.7. The molecule has 0 amide bonds. The number of rotatable bonds is 4. The molecule has 0 fully saturated rings. The van der Waals surface area contributed by atoms with Gasteiger partial charge in [0.2, 0.25) is 0 Å². The van der Waals surface area contributed by atoms with Gasteiger partial charge in [-0.2, -0.15) is 0 Å². The molecule has 0 saturated heterocycles. The van der Waals surface area contributed by atoms with E-state index in [4.69, 9.17) is 13.9 Å². The predicted molar refractivity (Wildman–Crippen MR) is 131 cm³/mol. The molecule has 0 saturated carbocycles. The molecule has 0 aromatic heterocycles. The number of carbonyl (C=O) groups is 2. The van der Waals surface area contributed by atoms with Gasteiger partial charge >= 0.3 is 11.9 Å². The lowest BCUT2D eigenvalue weighted by Crippen LogP contribution is -2.18. The van der Waals surface area contributed by atoms with Crippen LogP contribution in [0.25, 0.3) is 38.5 Å². The molecule has 7 heteroatoms. The van der Waals surface area contributed by atoms with Gasteiger partial charge in [0.1, 0.15) is 0 Å². The third-order valence-electron chi connectivity index (χ3n) is 6.02. The number of nitrogens with zero attached hydrogens (tertiary/aromatic N) is 1. The Kier molecular flexibility index (Phi) is 5.16. The SMILES string of the molecule is CCOC(=O)c1c(C)c2oc3ccc(Br)cc3n3c(C)c(C(=O)OCC)c4cccc1c4c2-3. The van der Waals surface area contributed by atoms with Crippen LogP contribution >= 0.6 is 15.9 Å². The molecule has 2 aliphatic heterocycles. The standard InChI is InChI=1S/C26H22BrNO5/c1-5-31-25(29)20-13(3)24-23-22-16(20)8-7-9-17(22)21(26(30)32-6-2)14(4)28(23)18-12-15(27)10-11-19(18)33-24/h7-12H,5-6H2,1-4H3. The summed E-state index contributed by atoms with van der Waals surface area (Å²) in [5.41, 5.74) is 5.15. The summed E-state index contributed by atoms with van der Waals surface area (Å²) in [5, 5.41) is 2.19. The van der Waals surface area contributed by atoms with Gasteiger partial charge in [0.15, 0.2) is 11.2 Å². The van der Waals surface area contributed by atoms with E-state index in [0.29, 0.717) is 38.6 Å². The Labute approximate surface area is 198 Å².